The number of benzene rings is 1. The molecule has 0 amide bonds. The maximum atomic E-state index is 5.97. The van der Waals surface area contributed by atoms with E-state index in [0.717, 1.165) is 12.2 Å². The fourth-order valence-electron chi connectivity index (χ4n) is 2.03. The van der Waals surface area contributed by atoms with Gasteiger partial charge in [-0.25, -0.2) is 0 Å². The van der Waals surface area contributed by atoms with E-state index in [1.807, 2.05) is 19.9 Å². The zero-order chi connectivity index (χ0) is 10.8. The van der Waals surface area contributed by atoms with Crippen LogP contribution in [-0.2, 0) is 0 Å². The first kappa shape index (κ1) is 10.5. The van der Waals surface area contributed by atoms with Gasteiger partial charge in [-0.15, -0.1) is 0 Å². The molecule has 1 saturated carbocycles. The number of rotatable bonds is 3. The van der Waals surface area contributed by atoms with E-state index >= 15 is 0 Å². The molecule has 2 heteroatoms. The average molecular weight is 205 g/mol. The predicted octanol–water partition coefficient (Wildman–Crippen LogP) is 2.68. The highest BCUT2D eigenvalue weighted by Gasteiger charge is 2.28. The lowest BCUT2D eigenvalue weighted by Gasteiger charge is -2.34. The van der Waals surface area contributed by atoms with Gasteiger partial charge in [-0.2, -0.15) is 0 Å². The molecule has 2 atom stereocenters. The van der Waals surface area contributed by atoms with Crippen LogP contribution in [0.2, 0.25) is 0 Å². The van der Waals surface area contributed by atoms with Crippen LogP contribution < -0.4 is 10.5 Å². The molecule has 1 fully saturated rings. The molecule has 0 aromatic heterocycles. The molecule has 0 bridgehead atoms. The van der Waals surface area contributed by atoms with Gasteiger partial charge in [-0.3, -0.25) is 0 Å². The highest BCUT2D eigenvalue weighted by molar-refractivity contribution is 5.33. The van der Waals surface area contributed by atoms with E-state index < -0.39 is 0 Å². The van der Waals surface area contributed by atoms with Gasteiger partial charge >= 0.3 is 0 Å². The molecule has 1 aliphatic carbocycles. The Kier molecular flexibility index (Phi) is 2.96. The van der Waals surface area contributed by atoms with Crippen LogP contribution in [0.1, 0.15) is 38.2 Å². The Labute approximate surface area is 91.4 Å². The van der Waals surface area contributed by atoms with E-state index in [0.29, 0.717) is 12.0 Å². The lowest BCUT2D eigenvalue weighted by atomic mass is 9.76. The summed E-state index contributed by atoms with van der Waals surface area (Å²) in [6.07, 6.45) is 2.60. The van der Waals surface area contributed by atoms with E-state index in [2.05, 4.69) is 18.2 Å². The fourth-order valence-corrected chi connectivity index (χ4v) is 2.03. The normalized spacial score (nSPS) is 25.1. The maximum Gasteiger partial charge on any atom is 0.119 e. The van der Waals surface area contributed by atoms with E-state index in [4.69, 9.17) is 10.5 Å². The Bertz CT molecular complexity index is 335. The van der Waals surface area contributed by atoms with Crippen LogP contribution in [0.25, 0.3) is 0 Å². The van der Waals surface area contributed by atoms with Gasteiger partial charge in [-0.05, 0) is 50.3 Å². The van der Waals surface area contributed by atoms with Gasteiger partial charge in [0, 0.05) is 6.04 Å². The summed E-state index contributed by atoms with van der Waals surface area (Å²) in [4.78, 5) is 0. The number of nitrogens with two attached hydrogens (primary N) is 1. The zero-order valence-corrected chi connectivity index (χ0v) is 9.44. The second-order valence-electron chi connectivity index (χ2n) is 4.59. The minimum Gasteiger partial charge on any atom is -0.491 e. The molecule has 1 aromatic carbocycles. The third-order valence-corrected chi connectivity index (χ3v) is 2.99. The Hall–Kier alpha value is -1.02. The summed E-state index contributed by atoms with van der Waals surface area (Å²) in [7, 11) is 0. The van der Waals surface area contributed by atoms with Gasteiger partial charge in [0.25, 0.3) is 0 Å². The van der Waals surface area contributed by atoms with Gasteiger partial charge in [-0.1, -0.05) is 12.1 Å². The van der Waals surface area contributed by atoms with E-state index in [-0.39, 0.29) is 6.10 Å². The Balaban J connectivity index is 2.12. The van der Waals surface area contributed by atoms with Gasteiger partial charge in [0.15, 0.2) is 0 Å². The Morgan fingerprint density at radius 2 is 2.13 bits per heavy atom. The second kappa shape index (κ2) is 4.23. The van der Waals surface area contributed by atoms with Gasteiger partial charge < -0.3 is 10.5 Å². The molecule has 2 unspecified atom stereocenters. The third-order valence-electron chi connectivity index (χ3n) is 2.99. The van der Waals surface area contributed by atoms with Crippen LogP contribution in [0.4, 0.5) is 0 Å². The Morgan fingerprint density at radius 1 is 1.33 bits per heavy atom. The van der Waals surface area contributed by atoms with Crippen molar-refractivity contribution in [2.24, 2.45) is 5.73 Å². The summed E-state index contributed by atoms with van der Waals surface area (Å²) >= 11 is 0. The van der Waals surface area contributed by atoms with E-state index in [1.54, 1.807) is 0 Å². The van der Waals surface area contributed by atoms with Crippen LogP contribution in [0, 0.1) is 0 Å². The number of ether oxygens (including phenoxy) is 1. The lowest BCUT2D eigenvalue weighted by molar-refractivity contribution is 0.241. The fraction of sp³-hybridized carbons (Fsp3) is 0.538. The van der Waals surface area contributed by atoms with E-state index in [1.165, 1.54) is 12.0 Å². The highest BCUT2D eigenvalue weighted by atomic mass is 16.5. The molecule has 15 heavy (non-hydrogen) atoms. The molecular weight excluding hydrogens is 186 g/mol. The van der Waals surface area contributed by atoms with Gasteiger partial charge in [0.05, 0.1) is 6.10 Å². The molecule has 0 radical (unpaired) electrons. The molecule has 0 aliphatic heterocycles. The standard InChI is InChI=1S/C13H19NO/c1-9(2)15-11-5-3-4-10(8-11)12-6-7-13(12)14/h3-5,8-9,12-13H,6-7,14H2,1-2H3. The van der Waals surface area contributed by atoms with Crippen LogP contribution in [0.15, 0.2) is 24.3 Å². The number of hydrogen-bond donors (Lipinski definition) is 1. The van der Waals surface area contributed by atoms with Gasteiger partial charge in [0.2, 0.25) is 0 Å². The van der Waals surface area contributed by atoms with Crippen molar-refractivity contribution in [2.75, 3.05) is 0 Å². The summed E-state index contributed by atoms with van der Waals surface area (Å²) in [5.74, 6) is 1.50. The first-order chi connectivity index (χ1) is 7.16. The van der Waals surface area contributed by atoms with Crippen molar-refractivity contribution < 1.29 is 4.74 Å². The van der Waals surface area contributed by atoms with Crippen molar-refractivity contribution in [3.8, 4) is 5.75 Å². The minimum atomic E-state index is 0.232. The monoisotopic (exact) mass is 205 g/mol. The SMILES string of the molecule is CC(C)Oc1cccc(C2CCC2N)c1. The average Bonchev–Trinajstić information content (AvgIpc) is 2.15. The van der Waals surface area contributed by atoms with Crippen molar-refractivity contribution in [3.63, 3.8) is 0 Å². The van der Waals surface area contributed by atoms with Crippen LogP contribution in [0.3, 0.4) is 0 Å². The molecule has 1 aliphatic rings. The largest absolute Gasteiger partial charge is 0.491 e. The molecule has 1 aromatic rings. The third kappa shape index (κ3) is 2.32. The summed E-state index contributed by atoms with van der Waals surface area (Å²) in [6.45, 7) is 4.09. The lowest BCUT2D eigenvalue weighted by Crippen LogP contribution is -2.37. The second-order valence-corrected chi connectivity index (χ2v) is 4.59. The van der Waals surface area contributed by atoms with Crippen molar-refractivity contribution in [1.29, 1.82) is 0 Å². The van der Waals surface area contributed by atoms with E-state index in [9.17, 15) is 0 Å². The topological polar surface area (TPSA) is 35.2 Å². The minimum absolute atomic E-state index is 0.232. The summed E-state index contributed by atoms with van der Waals surface area (Å²) in [5.41, 5.74) is 7.29. The highest BCUT2D eigenvalue weighted by Crippen LogP contribution is 2.36. The van der Waals surface area contributed by atoms with Gasteiger partial charge in [0.1, 0.15) is 5.75 Å². The van der Waals surface area contributed by atoms with Crippen LogP contribution in [-0.4, -0.2) is 12.1 Å². The summed E-state index contributed by atoms with van der Waals surface area (Å²) < 4.78 is 5.67. The molecule has 0 heterocycles. The quantitative estimate of drug-likeness (QED) is 0.823. The Morgan fingerprint density at radius 3 is 2.67 bits per heavy atom. The first-order valence-corrected chi connectivity index (χ1v) is 5.69. The molecule has 0 saturated heterocycles. The van der Waals surface area contributed by atoms with Crippen LogP contribution in [0.5, 0.6) is 5.75 Å². The molecule has 0 spiro atoms. The zero-order valence-electron chi connectivity index (χ0n) is 9.44. The molecular formula is C13H19NO. The predicted molar refractivity (Wildman–Crippen MR) is 62.2 cm³/mol. The summed E-state index contributed by atoms with van der Waals surface area (Å²) in [5, 5.41) is 0. The summed E-state index contributed by atoms with van der Waals surface area (Å²) in [6, 6.07) is 8.69. The first-order valence-electron chi connectivity index (χ1n) is 5.69. The number of hydrogen-bond acceptors (Lipinski definition) is 2. The van der Waals surface area contributed by atoms with Crippen molar-refractivity contribution >= 4 is 0 Å². The maximum absolute atomic E-state index is 5.97. The van der Waals surface area contributed by atoms with Crippen LogP contribution >= 0.6 is 0 Å². The molecule has 2 nitrogen and oxygen atoms in total. The van der Waals surface area contributed by atoms with Crippen molar-refractivity contribution in [2.45, 2.75) is 44.8 Å². The molecule has 2 rings (SSSR count). The van der Waals surface area contributed by atoms with Crippen molar-refractivity contribution in [3.05, 3.63) is 29.8 Å². The van der Waals surface area contributed by atoms with Crippen molar-refractivity contribution in [1.82, 2.24) is 0 Å². The molecule has 82 valence electrons. The smallest absolute Gasteiger partial charge is 0.119 e. The molecule has 2 N–H and O–H groups in total.